The summed E-state index contributed by atoms with van der Waals surface area (Å²) in [7, 11) is -5.22. The van der Waals surface area contributed by atoms with Crippen molar-refractivity contribution in [3.8, 4) is 0 Å². The number of nitrogens with zero attached hydrogens (tertiary/aromatic N) is 1. The standard InChI is InChI=1S/C15H23NO2S/c1-3-9-16-10-5-7-14(12-16)13-6-4-8-15(11-13)19(2,17)18/h4,6,8,11,14H,3,5,7,9-10,12H2,1-2H3/t14-/m0/s1/i1D3,2D3,3D2,4D,6D,8D,9D2,11D. The summed E-state index contributed by atoms with van der Waals surface area (Å²) in [5, 5.41) is 0. The van der Waals surface area contributed by atoms with Crippen LogP contribution in [-0.2, 0) is 9.84 Å². The first-order valence-electron chi connectivity index (χ1n) is 12.7. The topological polar surface area (TPSA) is 37.4 Å². The van der Waals surface area contributed by atoms with Gasteiger partial charge in [-0.15, -0.1) is 0 Å². The number of piperidine rings is 1. The fourth-order valence-electron chi connectivity index (χ4n) is 2.07. The predicted molar refractivity (Wildman–Crippen MR) is 78.3 cm³/mol. The van der Waals surface area contributed by atoms with Crippen molar-refractivity contribution in [2.75, 3.05) is 25.8 Å². The van der Waals surface area contributed by atoms with Gasteiger partial charge in [0.25, 0.3) is 0 Å². The first kappa shape index (κ1) is 4.85. The number of rotatable bonds is 4. The molecular weight excluding hydrogens is 258 g/mol. The van der Waals surface area contributed by atoms with E-state index in [1.54, 1.807) is 0 Å². The monoisotopic (exact) mass is 295 g/mol. The summed E-state index contributed by atoms with van der Waals surface area (Å²) < 4.78 is 133. The van der Waals surface area contributed by atoms with Crippen molar-refractivity contribution in [3.05, 3.63) is 29.7 Å². The van der Waals surface area contributed by atoms with E-state index in [0.29, 0.717) is 0 Å². The van der Waals surface area contributed by atoms with Gasteiger partial charge in [-0.2, -0.15) is 0 Å². The third-order valence-electron chi connectivity index (χ3n) is 2.93. The number of sulfone groups is 1. The van der Waals surface area contributed by atoms with E-state index >= 15 is 0 Å². The van der Waals surface area contributed by atoms with Crippen LogP contribution in [0.2, 0.25) is 0 Å². The molecule has 1 heterocycles. The molecule has 0 aliphatic carbocycles. The maximum atomic E-state index is 12.5. The Morgan fingerprint density at radius 2 is 2.47 bits per heavy atom. The zero-order valence-electron chi connectivity index (χ0n) is 24.1. The lowest BCUT2D eigenvalue weighted by Gasteiger charge is -2.32. The number of likely N-dealkylation sites (tertiary alicyclic amines) is 1. The molecule has 1 aromatic rings. The Morgan fingerprint density at radius 1 is 1.58 bits per heavy atom. The Balaban J connectivity index is 2.65. The lowest BCUT2D eigenvalue weighted by atomic mass is 9.90. The predicted octanol–water partition coefficient (Wildman–Crippen LogP) is 2.68. The Morgan fingerprint density at radius 3 is 3.26 bits per heavy atom. The van der Waals surface area contributed by atoms with Gasteiger partial charge in [0.05, 0.1) is 10.4 Å². The summed E-state index contributed by atoms with van der Waals surface area (Å²) >= 11 is 0. The molecule has 106 valence electrons. The molecule has 1 saturated heterocycles. The first-order chi connectivity index (χ1) is 14.6. The van der Waals surface area contributed by atoms with Gasteiger partial charge in [0.15, 0.2) is 9.84 Å². The molecule has 0 bridgehead atoms. The van der Waals surface area contributed by atoms with Gasteiger partial charge < -0.3 is 4.90 Å². The molecule has 1 aliphatic heterocycles. The van der Waals surface area contributed by atoms with Crippen molar-refractivity contribution in [1.82, 2.24) is 4.90 Å². The second kappa shape index (κ2) is 6.06. The highest BCUT2D eigenvalue weighted by Gasteiger charge is 2.21. The van der Waals surface area contributed by atoms with E-state index in [1.807, 2.05) is 0 Å². The summed E-state index contributed by atoms with van der Waals surface area (Å²) in [6.07, 6.45) is -6.60. The van der Waals surface area contributed by atoms with Crippen LogP contribution in [0.5, 0.6) is 0 Å². The van der Waals surface area contributed by atoms with Gasteiger partial charge in [-0.05, 0) is 55.8 Å². The summed E-state index contributed by atoms with van der Waals surface area (Å²) in [4.78, 5) is -0.334. The molecule has 1 fully saturated rings. The maximum absolute atomic E-state index is 12.5. The summed E-state index contributed by atoms with van der Waals surface area (Å²) in [6.45, 7) is -6.80. The Bertz CT molecular complexity index is 1030. The minimum absolute atomic E-state index is 0.0650. The lowest BCUT2D eigenvalue weighted by Crippen LogP contribution is -2.34. The highest BCUT2D eigenvalue weighted by atomic mass is 32.2. The molecule has 0 amide bonds. The lowest BCUT2D eigenvalue weighted by molar-refractivity contribution is 0.208. The van der Waals surface area contributed by atoms with Crippen molar-refractivity contribution in [2.45, 2.75) is 36.9 Å². The zero-order chi connectivity index (χ0) is 25.9. The molecule has 0 aromatic heterocycles. The van der Waals surface area contributed by atoms with Crippen LogP contribution in [0.4, 0.5) is 0 Å². The highest BCUT2D eigenvalue weighted by Crippen LogP contribution is 2.28. The average Bonchev–Trinajstić information content (AvgIpc) is 2.64. The van der Waals surface area contributed by atoms with Crippen molar-refractivity contribution < 1.29 is 27.6 Å². The van der Waals surface area contributed by atoms with Crippen LogP contribution in [0.1, 0.15) is 56.7 Å². The van der Waals surface area contributed by atoms with E-state index < -0.39 is 77.3 Å². The molecule has 0 N–H and O–H groups in total. The third kappa shape index (κ3) is 3.80. The van der Waals surface area contributed by atoms with E-state index in [0.717, 1.165) is 4.90 Å². The molecule has 1 aromatic carbocycles. The van der Waals surface area contributed by atoms with Crippen molar-refractivity contribution in [1.29, 1.82) is 0 Å². The maximum Gasteiger partial charge on any atom is 0.175 e. The number of hydrogen-bond donors (Lipinski definition) is 0. The van der Waals surface area contributed by atoms with Gasteiger partial charge >= 0.3 is 0 Å². The zero-order valence-corrected chi connectivity index (χ0v) is 10.9. The summed E-state index contributed by atoms with van der Waals surface area (Å²) in [5.41, 5.74) is -0.381. The number of benzene rings is 1. The Kier molecular flexibility index (Phi) is 1.54. The van der Waals surface area contributed by atoms with Gasteiger partial charge in [0.2, 0.25) is 0 Å². The second-order valence-corrected chi connectivity index (χ2v) is 5.68. The smallest absolute Gasteiger partial charge is 0.175 e. The Labute approximate surface area is 136 Å². The quantitative estimate of drug-likeness (QED) is 0.857. The van der Waals surface area contributed by atoms with Gasteiger partial charge in [-0.25, -0.2) is 8.42 Å². The van der Waals surface area contributed by atoms with Gasteiger partial charge in [-0.1, -0.05) is 18.9 Å². The normalized spacial score (nSPS) is 35.1. The third-order valence-corrected chi connectivity index (χ3v) is 3.68. The molecule has 0 saturated carbocycles. The fraction of sp³-hybridized carbons (Fsp3) is 0.600. The largest absolute Gasteiger partial charge is 0.303 e. The Hall–Kier alpha value is -0.870. The van der Waals surface area contributed by atoms with E-state index in [-0.39, 0.29) is 24.9 Å². The minimum atomic E-state index is -5.22. The molecule has 3 nitrogen and oxygen atoms in total. The van der Waals surface area contributed by atoms with Crippen LogP contribution in [-0.4, -0.2) is 39.1 Å². The van der Waals surface area contributed by atoms with E-state index in [2.05, 4.69) is 0 Å². The number of hydrogen-bond acceptors (Lipinski definition) is 3. The van der Waals surface area contributed by atoms with Crippen LogP contribution >= 0.6 is 0 Å². The van der Waals surface area contributed by atoms with Crippen LogP contribution < -0.4 is 0 Å². The van der Waals surface area contributed by atoms with Crippen molar-refractivity contribution in [3.63, 3.8) is 0 Å². The molecule has 0 unspecified atom stereocenters. The minimum Gasteiger partial charge on any atom is -0.303 e. The molecule has 19 heavy (non-hydrogen) atoms. The highest BCUT2D eigenvalue weighted by molar-refractivity contribution is 7.90. The first-order valence-corrected chi connectivity index (χ1v) is 7.19. The van der Waals surface area contributed by atoms with Gasteiger partial charge in [-0.3, -0.25) is 0 Å². The van der Waals surface area contributed by atoms with Crippen LogP contribution in [0.3, 0.4) is 0 Å². The SMILES string of the molecule is [2H]c1c([2H])c([C@H]2CCCN(C([2H])([2H])C([2H])([2H])C([2H])([2H])[2H])C2)c([2H])c(S(=O)(=O)C([2H])([2H])[2H])c1[2H]. The molecule has 0 radical (unpaired) electrons. The molecule has 0 spiro atoms. The molecule has 2 rings (SSSR count). The summed E-state index contributed by atoms with van der Waals surface area (Å²) in [6, 6.07) is -3.67. The van der Waals surface area contributed by atoms with E-state index in [9.17, 15) is 8.42 Å². The van der Waals surface area contributed by atoms with E-state index in [1.165, 1.54) is 0 Å². The molecule has 4 heteroatoms. The van der Waals surface area contributed by atoms with Crippen molar-refractivity contribution >= 4 is 9.84 Å². The van der Waals surface area contributed by atoms with Crippen LogP contribution in [0, 0.1) is 0 Å². The van der Waals surface area contributed by atoms with Crippen LogP contribution in [0.15, 0.2) is 29.1 Å². The summed E-state index contributed by atoms with van der Waals surface area (Å²) in [5.74, 6) is -1.00. The van der Waals surface area contributed by atoms with Gasteiger partial charge in [0.1, 0.15) is 0 Å². The van der Waals surface area contributed by atoms with Crippen molar-refractivity contribution in [2.24, 2.45) is 0 Å². The fourth-order valence-corrected chi connectivity index (χ4v) is 2.50. The van der Waals surface area contributed by atoms with E-state index in [4.69, 9.17) is 19.2 Å². The molecule has 1 atom stereocenters. The molecule has 1 aliphatic rings. The van der Waals surface area contributed by atoms with Crippen LogP contribution in [0.25, 0.3) is 0 Å². The second-order valence-electron chi connectivity index (χ2n) is 4.27. The molecular formula is C15H23NO2S. The average molecular weight is 296 g/mol. The van der Waals surface area contributed by atoms with Gasteiger partial charge in [0, 0.05) is 26.4 Å².